The lowest BCUT2D eigenvalue weighted by Gasteiger charge is -2.29. The van der Waals surface area contributed by atoms with Crippen molar-refractivity contribution in [3.05, 3.63) is 40.7 Å². The molecule has 2 aromatic rings. The van der Waals surface area contributed by atoms with Gasteiger partial charge in [-0.25, -0.2) is 4.98 Å². The van der Waals surface area contributed by atoms with Crippen LogP contribution in [0, 0.1) is 0 Å². The molecule has 0 spiro atoms. The summed E-state index contributed by atoms with van der Waals surface area (Å²) in [5.74, 6) is 0.689. The number of anilines is 2. The molecular weight excluding hydrogens is 468 g/mol. The van der Waals surface area contributed by atoms with Crippen LogP contribution in [0.5, 0.6) is 0 Å². The molecule has 1 aliphatic rings. The first-order valence-corrected chi connectivity index (χ1v) is 14.4. The van der Waals surface area contributed by atoms with Crippen LogP contribution < -0.4 is 16.0 Å². The Balaban J connectivity index is 2.14. The van der Waals surface area contributed by atoms with E-state index < -0.39 is 11.2 Å². The second kappa shape index (κ2) is 13.8. The number of amides is 1. The highest BCUT2D eigenvalue weighted by Gasteiger charge is 2.28. The molecule has 0 aromatic carbocycles. The van der Waals surface area contributed by atoms with Gasteiger partial charge in [0.2, 0.25) is 5.91 Å². The van der Waals surface area contributed by atoms with Crippen molar-refractivity contribution in [2.24, 2.45) is 5.73 Å². The summed E-state index contributed by atoms with van der Waals surface area (Å²) in [5.41, 5.74) is 11.5. The first-order valence-electron chi connectivity index (χ1n) is 13.6. The molecule has 36 heavy (non-hydrogen) atoms. The van der Waals surface area contributed by atoms with Crippen molar-refractivity contribution in [2.75, 3.05) is 50.0 Å². The Morgan fingerprint density at radius 1 is 1.14 bits per heavy atom. The Hall–Kier alpha value is -2.32. The number of nitrogens with two attached hydrogens (primary N) is 1. The summed E-state index contributed by atoms with van der Waals surface area (Å²) in [6, 6.07) is 3.98. The second-order valence-electron chi connectivity index (χ2n) is 9.55. The number of nitrogens with one attached hydrogen (secondary N) is 1. The molecule has 3 N–H and O–H groups in total. The van der Waals surface area contributed by atoms with E-state index in [1.54, 1.807) is 6.20 Å². The number of hydrogen-bond acceptors (Lipinski definition) is 7. The Labute approximate surface area is 221 Å². The normalized spacial score (nSPS) is 15.5. The van der Waals surface area contributed by atoms with Crippen molar-refractivity contribution in [3.63, 3.8) is 0 Å². The first kappa shape index (κ1) is 28.3. The molecule has 1 saturated heterocycles. The minimum absolute atomic E-state index is 0.393. The number of thioether (sulfide) groups is 1. The molecule has 2 aromatic heterocycles. The minimum Gasteiger partial charge on any atom is -0.383 e. The van der Waals surface area contributed by atoms with E-state index in [1.807, 2.05) is 12.1 Å². The number of likely N-dealkylation sites (N-methyl/N-ethyl adjacent to an activating group) is 1. The first-order chi connectivity index (χ1) is 17.4. The van der Waals surface area contributed by atoms with E-state index in [-0.39, 0.29) is 0 Å². The Morgan fingerprint density at radius 3 is 2.61 bits per heavy atom. The number of carbonyl (C=O) groups excluding carboxylic acids is 1. The zero-order chi connectivity index (χ0) is 26.1. The van der Waals surface area contributed by atoms with Crippen molar-refractivity contribution in [1.82, 2.24) is 14.9 Å². The standard InChI is InChI=1S/C28H44N6OS/c1-6-10-12-22-21(8-3)24(30-9-4)28(32-27(22)34-16-11-15-33(5)17-18-34)36-25(26(29)35)23-19-20(7-2)13-14-31-23/h13-14,19,25,30H,6-12,15-18H2,1-5H3,(H2,29,35). The second-order valence-corrected chi connectivity index (χ2v) is 10.6. The molecule has 198 valence electrons. The molecule has 0 saturated carbocycles. The predicted molar refractivity (Wildman–Crippen MR) is 152 cm³/mol. The molecule has 8 heteroatoms. The lowest BCUT2D eigenvalue weighted by atomic mass is 9.99. The molecule has 1 fully saturated rings. The molecule has 3 rings (SSSR count). The van der Waals surface area contributed by atoms with Gasteiger partial charge in [-0.1, -0.05) is 39.0 Å². The van der Waals surface area contributed by atoms with Gasteiger partial charge in [0.15, 0.2) is 0 Å². The summed E-state index contributed by atoms with van der Waals surface area (Å²) >= 11 is 1.43. The summed E-state index contributed by atoms with van der Waals surface area (Å²) in [5, 5.41) is 3.84. The Kier molecular flexibility index (Phi) is 10.9. The van der Waals surface area contributed by atoms with Gasteiger partial charge in [-0.2, -0.15) is 0 Å². The van der Waals surface area contributed by atoms with Crippen LogP contribution in [-0.4, -0.2) is 60.5 Å². The van der Waals surface area contributed by atoms with Gasteiger partial charge >= 0.3 is 0 Å². The van der Waals surface area contributed by atoms with Crippen molar-refractivity contribution in [3.8, 4) is 0 Å². The van der Waals surface area contributed by atoms with Crippen molar-refractivity contribution in [2.45, 2.75) is 76.5 Å². The summed E-state index contributed by atoms with van der Waals surface area (Å²) in [7, 11) is 2.19. The summed E-state index contributed by atoms with van der Waals surface area (Å²) in [6.45, 7) is 13.5. The number of carbonyl (C=O) groups is 1. The highest BCUT2D eigenvalue weighted by Crippen LogP contribution is 2.42. The van der Waals surface area contributed by atoms with E-state index in [4.69, 9.17) is 10.7 Å². The third-order valence-corrected chi connectivity index (χ3v) is 8.10. The van der Waals surface area contributed by atoms with Crippen LogP contribution in [0.15, 0.2) is 23.4 Å². The highest BCUT2D eigenvalue weighted by molar-refractivity contribution is 8.00. The van der Waals surface area contributed by atoms with Gasteiger partial charge in [0.25, 0.3) is 0 Å². The number of aryl methyl sites for hydroxylation is 1. The molecule has 0 radical (unpaired) electrons. The molecule has 1 unspecified atom stereocenters. The quantitative estimate of drug-likeness (QED) is 0.394. The van der Waals surface area contributed by atoms with Crippen LogP contribution in [0.3, 0.4) is 0 Å². The average molecular weight is 513 g/mol. The maximum Gasteiger partial charge on any atom is 0.237 e. The van der Waals surface area contributed by atoms with Crippen LogP contribution in [-0.2, 0) is 24.1 Å². The number of pyridine rings is 2. The van der Waals surface area contributed by atoms with E-state index in [9.17, 15) is 4.79 Å². The van der Waals surface area contributed by atoms with Crippen molar-refractivity contribution < 1.29 is 4.79 Å². The largest absolute Gasteiger partial charge is 0.383 e. The lowest BCUT2D eigenvalue weighted by Crippen LogP contribution is -2.31. The van der Waals surface area contributed by atoms with Gasteiger partial charge in [0.1, 0.15) is 16.1 Å². The number of unbranched alkanes of at least 4 members (excludes halogenated alkanes) is 1. The Morgan fingerprint density at radius 2 is 1.94 bits per heavy atom. The Bertz CT molecular complexity index is 1010. The number of primary amides is 1. The van der Waals surface area contributed by atoms with Gasteiger partial charge in [-0.3, -0.25) is 9.78 Å². The van der Waals surface area contributed by atoms with Crippen LogP contribution >= 0.6 is 11.8 Å². The number of nitrogens with zero attached hydrogens (tertiary/aromatic N) is 4. The molecule has 7 nitrogen and oxygen atoms in total. The average Bonchev–Trinajstić information content (AvgIpc) is 3.10. The lowest BCUT2D eigenvalue weighted by molar-refractivity contribution is -0.117. The summed E-state index contributed by atoms with van der Waals surface area (Å²) in [6.07, 6.45) is 7.95. The minimum atomic E-state index is -0.601. The monoisotopic (exact) mass is 512 g/mol. The number of aromatic nitrogens is 2. The van der Waals surface area contributed by atoms with E-state index in [1.165, 1.54) is 22.9 Å². The molecule has 1 amide bonds. The maximum atomic E-state index is 12.7. The molecule has 0 aliphatic carbocycles. The molecule has 1 aliphatic heterocycles. The van der Waals surface area contributed by atoms with E-state index in [0.717, 1.165) is 93.3 Å². The highest BCUT2D eigenvalue weighted by atomic mass is 32.2. The molecule has 0 bridgehead atoms. The van der Waals surface area contributed by atoms with Crippen LogP contribution in [0.2, 0.25) is 0 Å². The van der Waals surface area contributed by atoms with Gasteiger partial charge in [0, 0.05) is 37.9 Å². The number of rotatable bonds is 12. The van der Waals surface area contributed by atoms with Gasteiger partial charge in [-0.15, -0.1) is 0 Å². The van der Waals surface area contributed by atoms with Crippen LogP contribution in [0.4, 0.5) is 11.5 Å². The van der Waals surface area contributed by atoms with Crippen molar-refractivity contribution >= 4 is 29.2 Å². The smallest absolute Gasteiger partial charge is 0.237 e. The zero-order valence-corrected chi connectivity index (χ0v) is 23.6. The predicted octanol–water partition coefficient (Wildman–Crippen LogP) is 4.84. The fraction of sp³-hybridized carbons (Fsp3) is 0.607. The fourth-order valence-corrected chi connectivity index (χ4v) is 5.88. The SMILES string of the molecule is CCCCc1c(N2CCCN(C)CC2)nc(SC(C(N)=O)c2cc(CC)ccn2)c(NCC)c1CC. The number of hydrogen-bond donors (Lipinski definition) is 2. The molecular formula is C28H44N6OS. The molecule has 3 heterocycles. The van der Waals surface area contributed by atoms with Gasteiger partial charge < -0.3 is 20.9 Å². The topological polar surface area (TPSA) is 87.4 Å². The summed E-state index contributed by atoms with van der Waals surface area (Å²) < 4.78 is 0. The van der Waals surface area contributed by atoms with Crippen LogP contribution in [0.1, 0.15) is 74.6 Å². The van der Waals surface area contributed by atoms with E-state index in [2.05, 4.69) is 54.8 Å². The summed E-state index contributed by atoms with van der Waals surface area (Å²) in [4.78, 5) is 27.4. The van der Waals surface area contributed by atoms with Crippen molar-refractivity contribution in [1.29, 1.82) is 0 Å². The van der Waals surface area contributed by atoms with E-state index >= 15 is 0 Å². The van der Waals surface area contributed by atoms with E-state index in [0.29, 0.717) is 5.69 Å². The van der Waals surface area contributed by atoms with Gasteiger partial charge in [-0.05, 0) is 75.9 Å². The zero-order valence-electron chi connectivity index (χ0n) is 22.8. The van der Waals surface area contributed by atoms with Crippen LogP contribution in [0.25, 0.3) is 0 Å². The van der Waals surface area contributed by atoms with Gasteiger partial charge in [0.05, 0.1) is 11.4 Å². The third kappa shape index (κ3) is 6.91. The maximum absolute atomic E-state index is 12.7. The fourth-order valence-electron chi connectivity index (χ4n) is 4.84. The molecule has 1 atom stereocenters. The third-order valence-electron chi connectivity index (χ3n) is 6.87.